The van der Waals surface area contributed by atoms with Gasteiger partial charge in [0, 0.05) is 43.1 Å². The van der Waals surface area contributed by atoms with Crippen LogP contribution in [0.5, 0.6) is 0 Å². The molecule has 0 aliphatic carbocycles. The first-order valence-corrected chi connectivity index (χ1v) is 6.61. The fourth-order valence-corrected chi connectivity index (χ4v) is 3.02. The van der Waals surface area contributed by atoms with E-state index in [1.807, 2.05) is 6.33 Å². The summed E-state index contributed by atoms with van der Waals surface area (Å²) in [5.41, 5.74) is 1.60. The van der Waals surface area contributed by atoms with Gasteiger partial charge in [-0.25, -0.2) is 4.98 Å². The van der Waals surface area contributed by atoms with Crippen LogP contribution in [0.1, 0.15) is 37.8 Å². The predicted octanol–water partition coefficient (Wildman–Crippen LogP) is 1.49. The molecule has 17 heavy (non-hydrogen) atoms. The van der Waals surface area contributed by atoms with Gasteiger partial charge in [-0.2, -0.15) is 0 Å². The maximum atomic E-state index is 5.48. The van der Waals surface area contributed by atoms with Gasteiger partial charge in [0.05, 0.1) is 6.33 Å². The minimum atomic E-state index is 0.201. The maximum absolute atomic E-state index is 5.48. The molecule has 0 radical (unpaired) electrons. The first-order chi connectivity index (χ1) is 8.30. The maximum Gasteiger partial charge on any atom is 0.0953 e. The van der Waals surface area contributed by atoms with Gasteiger partial charge in [-0.1, -0.05) is 0 Å². The average molecular weight is 235 g/mol. The van der Waals surface area contributed by atoms with Gasteiger partial charge in [0.1, 0.15) is 0 Å². The molecule has 3 rings (SSSR count). The molecule has 1 N–H and O–H groups in total. The molecule has 4 heteroatoms. The summed E-state index contributed by atoms with van der Waals surface area (Å²) in [4.78, 5) is 4.38. The molecule has 94 valence electrons. The second-order valence-corrected chi connectivity index (χ2v) is 5.49. The third-order valence-electron chi connectivity index (χ3n) is 4.30. The first kappa shape index (κ1) is 11.2. The number of hydrogen-bond acceptors (Lipinski definition) is 3. The van der Waals surface area contributed by atoms with Crippen LogP contribution in [-0.4, -0.2) is 35.9 Å². The summed E-state index contributed by atoms with van der Waals surface area (Å²) in [6, 6.07) is 0. The molecule has 2 fully saturated rings. The van der Waals surface area contributed by atoms with Gasteiger partial charge >= 0.3 is 0 Å². The van der Waals surface area contributed by atoms with E-state index in [1.165, 1.54) is 12.1 Å². The molecule has 2 aliphatic rings. The van der Waals surface area contributed by atoms with Crippen LogP contribution in [0.3, 0.4) is 0 Å². The number of rotatable bonds is 2. The van der Waals surface area contributed by atoms with Crippen LogP contribution < -0.4 is 5.32 Å². The number of nitrogens with zero attached hydrogens (tertiary/aromatic N) is 2. The third-order valence-corrected chi connectivity index (χ3v) is 4.30. The van der Waals surface area contributed by atoms with Gasteiger partial charge in [0.25, 0.3) is 0 Å². The zero-order valence-corrected chi connectivity index (χ0v) is 10.5. The monoisotopic (exact) mass is 235 g/mol. The predicted molar refractivity (Wildman–Crippen MR) is 66.2 cm³/mol. The van der Waals surface area contributed by atoms with Gasteiger partial charge < -0.3 is 14.6 Å². The Kier molecular flexibility index (Phi) is 2.92. The molecule has 2 saturated heterocycles. The number of aromatic nitrogens is 2. The lowest BCUT2D eigenvalue weighted by molar-refractivity contribution is 0.0280. The highest BCUT2D eigenvalue weighted by Crippen LogP contribution is 2.33. The van der Waals surface area contributed by atoms with Crippen LogP contribution in [0, 0.1) is 0 Å². The minimum absolute atomic E-state index is 0.201. The van der Waals surface area contributed by atoms with E-state index in [9.17, 15) is 0 Å². The molecule has 1 aromatic rings. The Labute approximate surface area is 102 Å². The molecule has 1 aromatic heterocycles. The topological polar surface area (TPSA) is 39.1 Å². The van der Waals surface area contributed by atoms with Crippen molar-refractivity contribution < 1.29 is 4.74 Å². The van der Waals surface area contributed by atoms with Gasteiger partial charge in [-0.3, -0.25) is 0 Å². The second-order valence-electron chi connectivity index (χ2n) is 5.49. The fourth-order valence-electron chi connectivity index (χ4n) is 3.02. The molecular formula is C13H21N3O. The van der Waals surface area contributed by atoms with E-state index < -0.39 is 0 Å². The van der Waals surface area contributed by atoms with Crippen molar-refractivity contribution in [2.24, 2.45) is 0 Å². The molecule has 1 unspecified atom stereocenters. The second kappa shape index (κ2) is 4.42. The molecule has 3 heterocycles. The Balaban J connectivity index is 1.89. The van der Waals surface area contributed by atoms with E-state index >= 15 is 0 Å². The average Bonchev–Trinajstić information content (AvgIpc) is 3.01. The fraction of sp³-hybridized carbons (Fsp3) is 0.769. The Hall–Kier alpha value is -0.870. The lowest BCUT2D eigenvalue weighted by atomic mass is 9.90. The molecule has 0 saturated carbocycles. The van der Waals surface area contributed by atoms with Crippen LogP contribution in [0.4, 0.5) is 0 Å². The third kappa shape index (κ3) is 2.00. The molecule has 0 bridgehead atoms. The SMILES string of the molecule is CC1(n2cncc2C2CCNC2)CCOCC1. The van der Waals surface area contributed by atoms with Gasteiger partial charge in [-0.15, -0.1) is 0 Å². The van der Waals surface area contributed by atoms with Crippen LogP contribution in [-0.2, 0) is 10.3 Å². The quantitative estimate of drug-likeness (QED) is 0.844. The zero-order chi connectivity index (χ0) is 11.7. The summed E-state index contributed by atoms with van der Waals surface area (Å²) in [5.74, 6) is 0.636. The Morgan fingerprint density at radius 1 is 1.47 bits per heavy atom. The van der Waals surface area contributed by atoms with E-state index in [0.29, 0.717) is 5.92 Å². The van der Waals surface area contributed by atoms with Gasteiger partial charge in [-0.05, 0) is 32.7 Å². The number of ether oxygens (including phenoxy) is 1. The van der Waals surface area contributed by atoms with E-state index in [-0.39, 0.29) is 5.54 Å². The summed E-state index contributed by atoms with van der Waals surface area (Å²) in [7, 11) is 0. The molecule has 2 aliphatic heterocycles. The van der Waals surface area contributed by atoms with E-state index in [0.717, 1.165) is 39.1 Å². The van der Waals surface area contributed by atoms with Crippen LogP contribution >= 0.6 is 0 Å². The standard InChI is InChI=1S/C13H21N3O/c1-13(3-6-17-7-4-13)16-10-15-9-12(16)11-2-5-14-8-11/h9-11,14H,2-8H2,1H3. The first-order valence-electron chi connectivity index (χ1n) is 6.61. The summed E-state index contributed by atoms with van der Waals surface area (Å²) >= 11 is 0. The molecule has 4 nitrogen and oxygen atoms in total. The van der Waals surface area contributed by atoms with E-state index in [2.05, 4.69) is 28.0 Å². The van der Waals surface area contributed by atoms with Crippen molar-refractivity contribution in [2.75, 3.05) is 26.3 Å². The number of hydrogen-bond donors (Lipinski definition) is 1. The van der Waals surface area contributed by atoms with Crippen molar-refractivity contribution >= 4 is 0 Å². The Morgan fingerprint density at radius 2 is 2.29 bits per heavy atom. The summed E-state index contributed by atoms with van der Waals surface area (Å²) in [6.07, 6.45) is 7.49. The van der Waals surface area contributed by atoms with Crippen molar-refractivity contribution in [3.05, 3.63) is 18.2 Å². The highest BCUT2D eigenvalue weighted by Gasteiger charge is 2.32. The van der Waals surface area contributed by atoms with Crippen LogP contribution in [0.2, 0.25) is 0 Å². The lowest BCUT2D eigenvalue weighted by Crippen LogP contribution is -2.37. The molecule has 0 spiro atoms. The summed E-state index contributed by atoms with van der Waals surface area (Å²) in [6.45, 7) is 6.31. The molecular weight excluding hydrogens is 214 g/mol. The molecule has 1 atom stereocenters. The number of imidazole rings is 1. The normalized spacial score (nSPS) is 28.4. The lowest BCUT2D eigenvalue weighted by Gasteiger charge is -2.37. The van der Waals surface area contributed by atoms with Crippen molar-refractivity contribution in [3.8, 4) is 0 Å². The smallest absolute Gasteiger partial charge is 0.0953 e. The van der Waals surface area contributed by atoms with Crippen LogP contribution in [0.15, 0.2) is 12.5 Å². The molecule has 0 amide bonds. The Bertz CT molecular complexity index is 376. The number of nitrogens with one attached hydrogen (secondary N) is 1. The highest BCUT2D eigenvalue weighted by molar-refractivity contribution is 5.12. The molecule has 0 aromatic carbocycles. The van der Waals surface area contributed by atoms with Crippen molar-refractivity contribution in [2.45, 2.75) is 37.6 Å². The van der Waals surface area contributed by atoms with E-state index in [4.69, 9.17) is 4.74 Å². The summed E-state index contributed by atoms with van der Waals surface area (Å²) in [5, 5.41) is 3.44. The Morgan fingerprint density at radius 3 is 3.00 bits per heavy atom. The van der Waals surface area contributed by atoms with Gasteiger partial charge in [0.2, 0.25) is 0 Å². The summed E-state index contributed by atoms with van der Waals surface area (Å²) < 4.78 is 7.89. The van der Waals surface area contributed by atoms with E-state index in [1.54, 1.807) is 0 Å². The largest absolute Gasteiger partial charge is 0.381 e. The van der Waals surface area contributed by atoms with Crippen molar-refractivity contribution in [3.63, 3.8) is 0 Å². The van der Waals surface area contributed by atoms with Crippen molar-refractivity contribution in [1.29, 1.82) is 0 Å². The van der Waals surface area contributed by atoms with Crippen LogP contribution in [0.25, 0.3) is 0 Å². The highest BCUT2D eigenvalue weighted by atomic mass is 16.5. The minimum Gasteiger partial charge on any atom is -0.381 e. The van der Waals surface area contributed by atoms with Gasteiger partial charge in [0.15, 0.2) is 0 Å². The zero-order valence-electron chi connectivity index (χ0n) is 10.5. The van der Waals surface area contributed by atoms with Crippen molar-refractivity contribution in [1.82, 2.24) is 14.9 Å².